The third kappa shape index (κ3) is 2.60. The molecule has 1 aromatic carbocycles. The van der Waals surface area contributed by atoms with Crippen LogP contribution in [-0.2, 0) is 6.42 Å². The zero-order chi connectivity index (χ0) is 13.1. The molecule has 0 saturated carbocycles. The van der Waals surface area contributed by atoms with Gasteiger partial charge in [0.05, 0.1) is 16.3 Å². The molecule has 0 radical (unpaired) electrons. The van der Waals surface area contributed by atoms with Crippen LogP contribution in [0, 0.1) is 0 Å². The van der Waals surface area contributed by atoms with E-state index < -0.39 is 0 Å². The molecular weight excluding hydrogens is 272 g/mol. The first-order valence-electron chi connectivity index (χ1n) is 5.29. The molecule has 0 fully saturated rings. The van der Waals surface area contributed by atoms with Crippen molar-refractivity contribution in [2.24, 2.45) is 0 Å². The van der Waals surface area contributed by atoms with E-state index in [-0.39, 0.29) is 11.6 Å². The van der Waals surface area contributed by atoms with Gasteiger partial charge >= 0.3 is 0 Å². The lowest BCUT2D eigenvalue weighted by Crippen LogP contribution is -2.14. The molecule has 2 rings (SSSR count). The number of nitrogens with zero attached hydrogens (tertiary/aromatic N) is 2. The predicted octanol–water partition coefficient (Wildman–Crippen LogP) is 2.59. The highest BCUT2D eigenvalue weighted by Crippen LogP contribution is 2.24. The molecule has 5 nitrogen and oxygen atoms in total. The summed E-state index contributed by atoms with van der Waals surface area (Å²) in [6.07, 6.45) is 0.785. The molecule has 0 aliphatic carbocycles. The number of amides is 1. The molecule has 94 valence electrons. The van der Waals surface area contributed by atoms with Crippen molar-refractivity contribution < 1.29 is 4.79 Å². The number of para-hydroxylation sites is 1. The fourth-order valence-corrected chi connectivity index (χ4v) is 2.20. The lowest BCUT2D eigenvalue weighted by atomic mass is 10.1. The second-order valence-corrected chi connectivity index (χ2v) is 4.98. The first kappa shape index (κ1) is 12.8. The monoisotopic (exact) mass is 282 g/mol. The number of carbonyl (C=O) groups is 1. The van der Waals surface area contributed by atoms with Crippen molar-refractivity contribution in [3.63, 3.8) is 0 Å². The molecule has 18 heavy (non-hydrogen) atoms. The van der Waals surface area contributed by atoms with Crippen LogP contribution in [0.5, 0.6) is 0 Å². The van der Waals surface area contributed by atoms with Gasteiger partial charge in [-0.05, 0) is 18.6 Å². The number of hydrogen-bond donors (Lipinski definition) is 2. The van der Waals surface area contributed by atoms with Crippen molar-refractivity contribution in [2.45, 2.75) is 13.3 Å². The molecule has 0 aliphatic rings. The number of hydrogen-bond acceptors (Lipinski definition) is 5. The summed E-state index contributed by atoms with van der Waals surface area (Å²) in [5.74, 6) is -0.339. The molecule has 0 unspecified atom stereocenters. The third-order valence-electron chi connectivity index (χ3n) is 2.29. The summed E-state index contributed by atoms with van der Waals surface area (Å²) >= 11 is 7.20. The molecule has 1 aromatic heterocycles. The molecular formula is C11H11ClN4OS. The van der Waals surface area contributed by atoms with Crippen LogP contribution in [0.25, 0.3) is 0 Å². The summed E-state index contributed by atoms with van der Waals surface area (Å²) < 4.78 is 0. The van der Waals surface area contributed by atoms with Gasteiger partial charge in [0, 0.05) is 0 Å². The number of benzene rings is 1. The highest BCUT2D eigenvalue weighted by Gasteiger charge is 2.13. The number of halogens is 1. The van der Waals surface area contributed by atoms with Crippen LogP contribution in [0.15, 0.2) is 18.2 Å². The van der Waals surface area contributed by atoms with Crippen molar-refractivity contribution in [1.29, 1.82) is 0 Å². The maximum atomic E-state index is 12.0. The minimum Gasteiger partial charge on any atom is -0.397 e. The topological polar surface area (TPSA) is 80.9 Å². The second-order valence-electron chi connectivity index (χ2n) is 3.51. The van der Waals surface area contributed by atoms with Crippen LogP contribution in [0.4, 0.5) is 10.8 Å². The molecule has 0 bridgehead atoms. The fourth-order valence-electron chi connectivity index (χ4n) is 1.35. The average molecular weight is 283 g/mol. The van der Waals surface area contributed by atoms with E-state index in [0.29, 0.717) is 15.7 Å². The SMILES string of the molecule is CCc1nnc(NC(=O)c2cccc(Cl)c2N)s1. The minimum atomic E-state index is -0.339. The average Bonchev–Trinajstić information content (AvgIpc) is 2.80. The van der Waals surface area contributed by atoms with E-state index in [4.69, 9.17) is 17.3 Å². The molecule has 2 aromatic rings. The van der Waals surface area contributed by atoms with E-state index >= 15 is 0 Å². The van der Waals surface area contributed by atoms with E-state index in [1.165, 1.54) is 11.3 Å². The van der Waals surface area contributed by atoms with Gasteiger partial charge in [-0.3, -0.25) is 10.1 Å². The number of aryl methyl sites for hydroxylation is 1. The van der Waals surface area contributed by atoms with E-state index in [0.717, 1.165) is 11.4 Å². The largest absolute Gasteiger partial charge is 0.397 e. The molecule has 3 N–H and O–H groups in total. The van der Waals surface area contributed by atoms with Gasteiger partial charge in [0.15, 0.2) is 0 Å². The van der Waals surface area contributed by atoms with Gasteiger partial charge in [-0.1, -0.05) is 35.9 Å². The molecule has 7 heteroatoms. The number of anilines is 2. The minimum absolute atomic E-state index is 0.261. The van der Waals surface area contributed by atoms with Crippen molar-refractivity contribution in [3.05, 3.63) is 33.8 Å². The van der Waals surface area contributed by atoms with Gasteiger partial charge in [-0.15, -0.1) is 10.2 Å². The lowest BCUT2D eigenvalue weighted by Gasteiger charge is -2.05. The van der Waals surface area contributed by atoms with E-state index in [9.17, 15) is 4.79 Å². The Hall–Kier alpha value is -1.66. The zero-order valence-corrected chi connectivity index (χ0v) is 11.2. The first-order chi connectivity index (χ1) is 8.61. The summed E-state index contributed by atoms with van der Waals surface area (Å²) in [6.45, 7) is 1.97. The van der Waals surface area contributed by atoms with Crippen molar-refractivity contribution >= 4 is 39.7 Å². The first-order valence-corrected chi connectivity index (χ1v) is 6.49. The van der Waals surface area contributed by atoms with Gasteiger partial charge < -0.3 is 5.73 Å². The normalized spacial score (nSPS) is 10.3. The number of nitrogens with two attached hydrogens (primary N) is 1. The van der Waals surface area contributed by atoms with Crippen molar-refractivity contribution in [2.75, 3.05) is 11.1 Å². The Balaban J connectivity index is 2.19. The maximum Gasteiger partial charge on any atom is 0.259 e. The summed E-state index contributed by atoms with van der Waals surface area (Å²) in [4.78, 5) is 12.0. The van der Waals surface area contributed by atoms with E-state index in [1.54, 1.807) is 18.2 Å². The smallest absolute Gasteiger partial charge is 0.259 e. The van der Waals surface area contributed by atoms with Crippen LogP contribution in [0.3, 0.4) is 0 Å². The van der Waals surface area contributed by atoms with E-state index in [1.807, 2.05) is 6.92 Å². The third-order valence-corrected chi connectivity index (χ3v) is 3.60. The Labute approximate surface area is 113 Å². The zero-order valence-electron chi connectivity index (χ0n) is 9.61. The molecule has 1 heterocycles. The maximum absolute atomic E-state index is 12.0. The Kier molecular flexibility index (Phi) is 3.78. The van der Waals surface area contributed by atoms with Crippen LogP contribution >= 0.6 is 22.9 Å². The summed E-state index contributed by atoms with van der Waals surface area (Å²) in [7, 11) is 0. The number of nitrogens with one attached hydrogen (secondary N) is 1. The highest BCUT2D eigenvalue weighted by molar-refractivity contribution is 7.15. The predicted molar refractivity (Wildman–Crippen MR) is 73.1 cm³/mol. The Morgan fingerprint density at radius 2 is 2.28 bits per heavy atom. The molecule has 0 saturated heterocycles. The second kappa shape index (κ2) is 5.32. The van der Waals surface area contributed by atoms with Gasteiger partial charge in [-0.25, -0.2) is 0 Å². The Bertz CT molecular complexity index is 584. The number of carbonyl (C=O) groups excluding carboxylic acids is 1. The summed E-state index contributed by atoms with van der Waals surface area (Å²) in [6, 6.07) is 4.91. The van der Waals surface area contributed by atoms with Gasteiger partial charge in [0.2, 0.25) is 5.13 Å². The molecule has 1 amide bonds. The molecule has 0 atom stereocenters. The van der Waals surface area contributed by atoms with Crippen molar-refractivity contribution in [1.82, 2.24) is 10.2 Å². The van der Waals surface area contributed by atoms with Crippen LogP contribution < -0.4 is 11.1 Å². The van der Waals surface area contributed by atoms with Crippen LogP contribution in [0.1, 0.15) is 22.3 Å². The Morgan fingerprint density at radius 3 is 2.94 bits per heavy atom. The number of rotatable bonds is 3. The van der Waals surface area contributed by atoms with E-state index in [2.05, 4.69) is 15.5 Å². The molecule has 0 aliphatic heterocycles. The number of nitrogen functional groups attached to an aromatic ring is 1. The summed E-state index contributed by atoms with van der Waals surface area (Å²) in [5.41, 5.74) is 6.33. The van der Waals surface area contributed by atoms with Crippen LogP contribution in [-0.4, -0.2) is 16.1 Å². The Morgan fingerprint density at radius 1 is 1.50 bits per heavy atom. The highest BCUT2D eigenvalue weighted by atomic mass is 35.5. The lowest BCUT2D eigenvalue weighted by molar-refractivity contribution is 0.102. The van der Waals surface area contributed by atoms with Gasteiger partial charge in [0.25, 0.3) is 5.91 Å². The van der Waals surface area contributed by atoms with Crippen molar-refractivity contribution in [3.8, 4) is 0 Å². The quantitative estimate of drug-likeness (QED) is 0.848. The van der Waals surface area contributed by atoms with Gasteiger partial charge in [-0.2, -0.15) is 0 Å². The number of aromatic nitrogens is 2. The summed E-state index contributed by atoms with van der Waals surface area (Å²) in [5, 5.41) is 12.1. The van der Waals surface area contributed by atoms with Crippen LogP contribution in [0.2, 0.25) is 5.02 Å². The molecule has 0 spiro atoms. The van der Waals surface area contributed by atoms with Gasteiger partial charge in [0.1, 0.15) is 5.01 Å². The standard InChI is InChI=1S/C11H11ClN4OS/c1-2-8-15-16-11(18-8)14-10(17)6-4-3-5-7(12)9(6)13/h3-5H,2,13H2,1H3,(H,14,16,17). The fraction of sp³-hybridized carbons (Fsp3) is 0.182.